The number of aromatic nitrogens is 3. The molecule has 3 N–H and O–H groups in total. The second kappa shape index (κ2) is 5.94. The maximum atomic E-state index is 11.5. The van der Waals surface area contributed by atoms with Gasteiger partial charge in [0.05, 0.1) is 12.6 Å². The molecule has 0 fully saturated rings. The first-order chi connectivity index (χ1) is 8.02. The molecule has 17 heavy (non-hydrogen) atoms. The van der Waals surface area contributed by atoms with Gasteiger partial charge in [-0.15, -0.1) is 0 Å². The molecule has 0 aliphatic heterocycles. The van der Waals surface area contributed by atoms with Crippen LogP contribution in [0.2, 0.25) is 0 Å². The molecule has 0 saturated carbocycles. The lowest BCUT2D eigenvalue weighted by Crippen LogP contribution is -2.47. The average Bonchev–Trinajstić information content (AvgIpc) is 2.71. The molecular weight excluding hydrogens is 224 g/mol. The van der Waals surface area contributed by atoms with Crippen molar-refractivity contribution in [1.29, 1.82) is 0 Å². The van der Waals surface area contributed by atoms with Crippen LogP contribution in [0.4, 0.5) is 4.79 Å². The second-order valence-corrected chi connectivity index (χ2v) is 3.51. The zero-order valence-electron chi connectivity index (χ0n) is 10.0. The van der Waals surface area contributed by atoms with E-state index < -0.39 is 18.0 Å². The highest BCUT2D eigenvalue weighted by molar-refractivity contribution is 5.96. The number of aryl methyl sites for hydroxylation is 1. The van der Waals surface area contributed by atoms with Gasteiger partial charge in [0.15, 0.2) is 5.82 Å². The Morgan fingerprint density at radius 2 is 2.24 bits per heavy atom. The summed E-state index contributed by atoms with van der Waals surface area (Å²) in [6.45, 7) is 2.02. The lowest BCUT2D eigenvalue weighted by Gasteiger charge is -2.11. The van der Waals surface area contributed by atoms with E-state index in [1.807, 2.05) is 0 Å². The minimum atomic E-state index is -0.528. The van der Waals surface area contributed by atoms with Crippen LogP contribution < -0.4 is 16.0 Å². The van der Waals surface area contributed by atoms with Crippen LogP contribution in [0, 0.1) is 0 Å². The topological polar surface area (TPSA) is 101 Å². The van der Waals surface area contributed by atoms with Crippen LogP contribution in [0.25, 0.3) is 0 Å². The maximum Gasteiger partial charge on any atom is 0.321 e. The fourth-order valence-electron chi connectivity index (χ4n) is 1.08. The van der Waals surface area contributed by atoms with E-state index in [1.54, 1.807) is 25.0 Å². The van der Waals surface area contributed by atoms with E-state index in [4.69, 9.17) is 0 Å². The molecule has 1 atom stereocenters. The fraction of sp³-hybridized carbons (Fsp3) is 0.556. The molecule has 1 aromatic rings. The third kappa shape index (κ3) is 4.19. The lowest BCUT2D eigenvalue weighted by molar-refractivity contribution is -0.121. The normalized spacial score (nSPS) is 11.9. The molecule has 1 heterocycles. The van der Waals surface area contributed by atoms with E-state index in [0.29, 0.717) is 12.4 Å². The molecule has 0 saturated heterocycles. The third-order valence-electron chi connectivity index (χ3n) is 2.07. The van der Waals surface area contributed by atoms with Gasteiger partial charge in [0.2, 0.25) is 5.91 Å². The van der Waals surface area contributed by atoms with Crippen LogP contribution in [0.15, 0.2) is 6.33 Å². The fourth-order valence-corrected chi connectivity index (χ4v) is 1.08. The quantitative estimate of drug-likeness (QED) is 0.610. The van der Waals surface area contributed by atoms with Crippen molar-refractivity contribution in [2.45, 2.75) is 19.5 Å². The summed E-state index contributed by atoms with van der Waals surface area (Å²) < 4.78 is 1.58. The van der Waals surface area contributed by atoms with E-state index in [1.165, 1.54) is 7.05 Å². The largest absolute Gasteiger partial charge is 0.341 e. The Bertz CT molecular complexity index is 402. The van der Waals surface area contributed by atoms with E-state index in [0.717, 1.165) is 0 Å². The van der Waals surface area contributed by atoms with Crippen LogP contribution in [0.3, 0.4) is 0 Å². The summed E-state index contributed by atoms with van der Waals surface area (Å²) in [6.07, 6.45) is 1.58. The predicted molar refractivity (Wildman–Crippen MR) is 59.9 cm³/mol. The van der Waals surface area contributed by atoms with Gasteiger partial charge in [0.1, 0.15) is 6.33 Å². The highest BCUT2D eigenvalue weighted by atomic mass is 16.2. The van der Waals surface area contributed by atoms with Crippen LogP contribution in [0.5, 0.6) is 0 Å². The van der Waals surface area contributed by atoms with Crippen molar-refractivity contribution >= 4 is 11.9 Å². The molecule has 1 unspecified atom stereocenters. The Labute approximate surface area is 98.8 Å². The monoisotopic (exact) mass is 240 g/mol. The summed E-state index contributed by atoms with van der Waals surface area (Å²) in [5, 5.41) is 11.4. The van der Waals surface area contributed by atoms with Gasteiger partial charge in [-0.3, -0.25) is 20.1 Å². The number of nitrogens with one attached hydrogen (secondary N) is 3. The van der Waals surface area contributed by atoms with Crippen LogP contribution in [-0.2, 0) is 18.4 Å². The van der Waals surface area contributed by atoms with Crippen LogP contribution in [0.1, 0.15) is 12.7 Å². The van der Waals surface area contributed by atoms with Crippen molar-refractivity contribution in [3.05, 3.63) is 12.2 Å². The first-order valence-electron chi connectivity index (χ1n) is 5.13. The van der Waals surface area contributed by atoms with Gasteiger partial charge in [-0.2, -0.15) is 5.10 Å². The Hall–Kier alpha value is -1.96. The number of rotatable bonds is 4. The number of urea groups is 1. The Kier molecular flexibility index (Phi) is 4.58. The van der Waals surface area contributed by atoms with Gasteiger partial charge in [-0.1, -0.05) is 0 Å². The molecule has 0 radical (unpaired) electrons. The summed E-state index contributed by atoms with van der Waals surface area (Å²) in [6, 6.07) is -1.03. The van der Waals surface area contributed by atoms with Crippen LogP contribution >= 0.6 is 0 Å². The summed E-state index contributed by atoms with van der Waals surface area (Å²) >= 11 is 0. The molecule has 0 aliphatic carbocycles. The summed E-state index contributed by atoms with van der Waals surface area (Å²) in [7, 11) is 3.21. The Balaban J connectivity index is 2.36. The van der Waals surface area contributed by atoms with Crippen molar-refractivity contribution in [3.63, 3.8) is 0 Å². The summed E-state index contributed by atoms with van der Waals surface area (Å²) in [4.78, 5) is 26.4. The zero-order chi connectivity index (χ0) is 12.8. The van der Waals surface area contributed by atoms with Gasteiger partial charge in [0.25, 0.3) is 0 Å². The number of carbonyl (C=O) groups excluding carboxylic acids is 2. The highest BCUT2D eigenvalue weighted by Gasteiger charge is 2.14. The first kappa shape index (κ1) is 13.1. The van der Waals surface area contributed by atoms with Crippen molar-refractivity contribution in [1.82, 2.24) is 30.7 Å². The van der Waals surface area contributed by atoms with Crippen molar-refractivity contribution < 1.29 is 9.59 Å². The van der Waals surface area contributed by atoms with E-state index in [9.17, 15) is 9.59 Å². The maximum absolute atomic E-state index is 11.5. The molecule has 1 aromatic heterocycles. The van der Waals surface area contributed by atoms with Gasteiger partial charge < -0.3 is 5.32 Å². The zero-order valence-corrected chi connectivity index (χ0v) is 10.0. The predicted octanol–water partition coefficient (Wildman–Crippen LogP) is -1.25. The number of imide groups is 1. The average molecular weight is 240 g/mol. The number of carbonyl (C=O) groups is 2. The minimum Gasteiger partial charge on any atom is -0.341 e. The molecule has 0 aliphatic rings. The van der Waals surface area contributed by atoms with Gasteiger partial charge >= 0.3 is 6.03 Å². The van der Waals surface area contributed by atoms with E-state index in [2.05, 4.69) is 26.0 Å². The van der Waals surface area contributed by atoms with Gasteiger partial charge in [-0.25, -0.2) is 9.78 Å². The lowest BCUT2D eigenvalue weighted by atomic mass is 10.3. The Morgan fingerprint density at radius 3 is 2.76 bits per heavy atom. The molecular formula is C9H16N6O2. The number of hydrogen-bond donors (Lipinski definition) is 3. The van der Waals surface area contributed by atoms with Crippen LogP contribution in [-0.4, -0.2) is 39.8 Å². The molecule has 8 heteroatoms. The second-order valence-electron chi connectivity index (χ2n) is 3.51. The summed E-state index contributed by atoms with van der Waals surface area (Å²) in [5.41, 5.74) is 0. The standard InChI is InChI=1S/C9H16N6O2/c1-6(8(16)13-9(17)10-2)11-4-7-12-5-15(3)14-7/h5-6,11H,4H2,1-3H3,(H2,10,13,16,17). The SMILES string of the molecule is CNC(=O)NC(=O)C(C)NCc1ncn(C)n1. The van der Waals surface area contributed by atoms with Gasteiger partial charge in [0, 0.05) is 14.1 Å². The first-order valence-corrected chi connectivity index (χ1v) is 5.13. The van der Waals surface area contributed by atoms with Crippen molar-refractivity contribution in [3.8, 4) is 0 Å². The Morgan fingerprint density at radius 1 is 1.53 bits per heavy atom. The minimum absolute atomic E-state index is 0.364. The number of amides is 3. The summed E-state index contributed by atoms with van der Waals surface area (Å²) in [5.74, 6) is 0.187. The molecule has 0 spiro atoms. The smallest absolute Gasteiger partial charge is 0.321 e. The highest BCUT2D eigenvalue weighted by Crippen LogP contribution is 1.89. The number of hydrogen-bond acceptors (Lipinski definition) is 5. The molecule has 0 aromatic carbocycles. The third-order valence-corrected chi connectivity index (χ3v) is 2.07. The number of nitrogens with zero attached hydrogens (tertiary/aromatic N) is 3. The van der Waals surface area contributed by atoms with Crippen molar-refractivity contribution in [2.75, 3.05) is 7.05 Å². The van der Waals surface area contributed by atoms with E-state index >= 15 is 0 Å². The molecule has 3 amide bonds. The molecule has 94 valence electrons. The van der Waals surface area contributed by atoms with Gasteiger partial charge in [-0.05, 0) is 6.92 Å². The van der Waals surface area contributed by atoms with Crippen molar-refractivity contribution in [2.24, 2.45) is 7.05 Å². The molecule has 8 nitrogen and oxygen atoms in total. The van der Waals surface area contributed by atoms with E-state index in [-0.39, 0.29) is 0 Å². The molecule has 1 rings (SSSR count). The molecule has 0 bridgehead atoms.